The maximum atomic E-state index is 13.6. The highest BCUT2D eigenvalue weighted by molar-refractivity contribution is 5.96. The van der Waals surface area contributed by atoms with E-state index in [-0.39, 0.29) is 5.91 Å². The van der Waals surface area contributed by atoms with E-state index in [1.54, 1.807) is 0 Å². The number of hydrogen-bond acceptors (Lipinski definition) is 2. The largest absolute Gasteiger partial charge is 0.350 e. The lowest BCUT2D eigenvalue weighted by Gasteiger charge is -2.60. The third kappa shape index (κ3) is 3.99. The molecule has 0 aliphatic heterocycles. The van der Waals surface area contributed by atoms with Gasteiger partial charge in [-0.1, -0.05) is 67.4 Å². The minimum Gasteiger partial charge on any atom is -0.350 e. The Balaban J connectivity index is 1.33. The first-order chi connectivity index (χ1) is 17.3. The third-order valence-corrected chi connectivity index (χ3v) is 9.63. The van der Waals surface area contributed by atoms with Gasteiger partial charge in [0, 0.05) is 17.7 Å². The number of carbonyl (C=O) groups is 1. The van der Waals surface area contributed by atoms with E-state index in [1.807, 2.05) is 0 Å². The Morgan fingerprint density at radius 1 is 1.06 bits per heavy atom. The van der Waals surface area contributed by atoms with Crippen molar-refractivity contribution < 1.29 is 4.79 Å². The van der Waals surface area contributed by atoms with Gasteiger partial charge in [-0.15, -0.1) is 0 Å². The normalized spacial score (nSPS) is 23.7. The predicted octanol–water partition coefficient (Wildman–Crippen LogP) is 6.51. The van der Waals surface area contributed by atoms with E-state index in [4.69, 9.17) is 5.10 Å². The highest BCUT2D eigenvalue weighted by atomic mass is 16.2. The fourth-order valence-corrected chi connectivity index (χ4v) is 7.33. The summed E-state index contributed by atoms with van der Waals surface area (Å²) in [5, 5.41) is 8.33. The van der Waals surface area contributed by atoms with E-state index in [9.17, 15) is 4.79 Å². The Labute approximate surface area is 215 Å². The Bertz CT molecular complexity index is 1300. The number of aryl methyl sites for hydroxylation is 3. The Hall–Kier alpha value is -2.88. The molecule has 36 heavy (non-hydrogen) atoms. The fraction of sp³-hybridized carbons (Fsp3) is 0.500. The van der Waals surface area contributed by atoms with Crippen LogP contribution >= 0.6 is 0 Å². The summed E-state index contributed by atoms with van der Waals surface area (Å²) in [6.45, 7) is 10.6. The van der Waals surface area contributed by atoms with Crippen LogP contribution in [0.2, 0.25) is 0 Å². The standard InChI is InChI=1S/C32H39N3O/c1-20-8-11-22(12-9-20)19-35-30-26-15-10-21(2)16-23(26)6-5-7-27(30)29(34-35)31(36)33-18-24-13-14-25-17-28(24)32(25,3)4/h8-12,15-16,24-25,28H,5-7,13-14,17-19H2,1-4H3,(H,33,36). The van der Waals surface area contributed by atoms with Crippen LogP contribution in [-0.2, 0) is 19.4 Å². The molecule has 188 valence electrons. The van der Waals surface area contributed by atoms with E-state index in [2.05, 4.69) is 80.2 Å². The molecule has 3 fully saturated rings. The molecule has 3 aromatic rings. The van der Waals surface area contributed by atoms with Crippen molar-refractivity contribution in [1.29, 1.82) is 0 Å². The molecule has 1 amide bonds. The first kappa shape index (κ1) is 23.5. The molecule has 0 saturated heterocycles. The summed E-state index contributed by atoms with van der Waals surface area (Å²) >= 11 is 0. The van der Waals surface area contributed by atoms with Crippen molar-refractivity contribution in [3.05, 3.63) is 76.0 Å². The predicted molar refractivity (Wildman–Crippen MR) is 145 cm³/mol. The van der Waals surface area contributed by atoms with Gasteiger partial charge in [-0.3, -0.25) is 9.48 Å². The average Bonchev–Trinajstić information content (AvgIpc) is 3.10. The molecule has 1 aromatic heterocycles. The number of rotatable bonds is 5. The summed E-state index contributed by atoms with van der Waals surface area (Å²) in [5.74, 6) is 2.21. The zero-order chi connectivity index (χ0) is 25.0. The molecule has 3 unspecified atom stereocenters. The van der Waals surface area contributed by atoms with Crippen molar-refractivity contribution in [3.63, 3.8) is 0 Å². The molecule has 1 N–H and O–H groups in total. The lowest BCUT2D eigenvalue weighted by molar-refractivity contribution is -0.103. The second-order valence-electron chi connectivity index (χ2n) is 12.2. The monoisotopic (exact) mass is 481 g/mol. The van der Waals surface area contributed by atoms with E-state index < -0.39 is 0 Å². The van der Waals surface area contributed by atoms with Gasteiger partial charge < -0.3 is 5.32 Å². The smallest absolute Gasteiger partial charge is 0.272 e. The molecule has 7 rings (SSSR count). The minimum absolute atomic E-state index is 0.00345. The number of fused-ring (bicyclic) bond motifs is 5. The Kier molecular flexibility index (Phi) is 5.81. The molecular weight excluding hydrogens is 442 g/mol. The number of nitrogens with one attached hydrogen (secondary N) is 1. The van der Waals surface area contributed by atoms with Crippen LogP contribution in [0.1, 0.15) is 77.8 Å². The van der Waals surface area contributed by atoms with Crippen LogP contribution in [0.4, 0.5) is 0 Å². The first-order valence-corrected chi connectivity index (χ1v) is 13.8. The number of benzene rings is 2. The lowest BCUT2D eigenvalue weighted by Crippen LogP contribution is -2.54. The topological polar surface area (TPSA) is 46.9 Å². The van der Waals surface area contributed by atoms with Crippen molar-refractivity contribution in [3.8, 4) is 11.3 Å². The molecule has 4 nitrogen and oxygen atoms in total. The van der Waals surface area contributed by atoms with Gasteiger partial charge >= 0.3 is 0 Å². The molecule has 3 atom stereocenters. The van der Waals surface area contributed by atoms with E-state index in [1.165, 1.54) is 47.1 Å². The molecule has 3 saturated carbocycles. The zero-order valence-corrected chi connectivity index (χ0v) is 22.2. The van der Waals surface area contributed by atoms with Crippen LogP contribution in [0.15, 0.2) is 42.5 Å². The van der Waals surface area contributed by atoms with Crippen LogP contribution < -0.4 is 5.32 Å². The SMILES string of the molecule is Cc1ccc(Cn2nc(C(=O)NCC3CCC4CC3C4(C)C)c3c2-c2ccc(C)cc2CCC3)cc1. The summed E-state index contributed by atoms with van der Waals surface area (Å²) in [4.78, 5) is 13.6. The molecule has 0 spiro atoms. The summed E-state index contributed by atoms with van der Waals surface area (Å²) < 4.78 is 2.09. The molecule has 4 aliphatic rings. The average molecular weight is 482 g/mol. The summed E-state index contributed by atoms with van der Waals surface area (Å²) in [5.41, 5.74) is 9.67. The molecule has 4 heteroatoms. The number of nitrogens with zero attached hydrogens (tertiary/aromatic N) is 2. The molecule has 4 aliphatic carbocycles. The van der Waals surface area contributed by atoms with Gasteiger partial charge in [0.2, 0.25) is 0 Å². The quantitative estimate of drug-likeness (QED) is 0.452. The van der Waals surface area contributed by atoms with Crippen molar-refractivity contribution in [2.24, 2.45) is 23.2 Å². The second-order valence-corrected chi connectivity index (χ2v) is 12.2. The summed E-state index contributed by atoms with van der Waals surface area (Å²) in [6.07, 6.45) is 6.86. The summed E-state index contributed by atoms with van der Waals surface area (Å²) in [6, 6.07) is 15.4. The van der Waals surface area contributed by atoms with Crippen molar-refractivity contribution in [2.45, 2.75) is 72.8 Å². The van der Waals surface area contributed by atoms with Crippen LogP contribution in [-0.4, -0.2) is 22.2 Å². The van der Waals surface area contributed by atoms with Gasteiger partial charge in [-0.25, -0.2) is 0 Å². The van der Waals surface area contributed by atoms with Gasteiger partial charge in [0.05, 0.1) is 12.2 Å². The van der Waals surface area contributed by atoms with E-state index in [0.29, 0.717) is 23.6 Å². The third-order valence-electron chi connectivity index (χ3n) is 9.63. The Morgan fingerprint density at radius 3 is 2.58 bits per heavy atom. The molecule has 1 heterocycles. The van der Waals surface area contributed by atoms with Gasteiger partial charge in [0.25, 0.3) is 5.91 Å². The van der Waals surface area contributed by atoms with Crippen molar-refractivity contribution >= 4 is 5.91 Å². The van der Waals surface area contributed by atoms with Crippen LogP contribution in [0.25, 0.3) is 11.3 Å². The maximum absolute atomic E-state index is 13.6. The van der Waals surface area contributed by atoms with Crippen LogP contribution in [0.5, 0.6) is 0 Å². The first-order valence-electron chi connectivity index (χ1n) is 13.8. The number of aromatic nitrogens is 2. The molecule has 2 bridgehead atoms. The molecule has 0 radical (unpaired) electrons. The van der Waals surface area contributed by atoms with Gasteiger partial charge in [0.1, 0.15) is 0 Å². The lowest BCUT2D eigenvalue weighted by atomic mass is 9.45. The van der Waals surface area contributed by atoms with Crippen LogP contribution in [0.3, 0.4) is 0 Å². The number of hydrogen-bond donors (Lipinski definition) is 1. The van der Waals surface area contributed by atoms with Gasteiger partial charge in [-0.2, -0.15) is 5.10 Å². The zero-order valence-electron chi connectivity index (χ0n) is 22.2. The van der Waals surface area contributed by atoms with Gasteiger partial charge in [0.15, 0.2) is 5.69 Å². The fourth-order valence-electron chi connectivity index (χ4n) is 7.33. The number of carbonyl (C=O) groups excluding carboxylic acids is 1. The highest BCUT2D eigenvalue weighted by Crippen LogP contribution is 2.61. The second kappa shape index (κ2) is 8.90. The Morgan fingerprint density at radius 2 is 1.83 bits per heavy atom. The summed E-state index contributed by atoms with van der Waals surface area (Å²) in [7, 11) is 0. The molecule has 2 aromatic carbocycles. The van der Waals surface area contributed by atoms with Crippen LogP contribution in [0, 0.1) is 37.0 Å². The van der Waals surface area contributed by atoms with E-state index >= 15 is 0 Å². The minimum atomic E-state index is 0.00345. The molecular formula is C32H39N3O. The van der Waals surface area contributed by atoms with Crippen molar-refractivity contribution in [1.82, 2.24) is 15.1 Å². The van der Waals surface area contributed by atoms with Gasteiger partial charge in [-0.05, 0) is 86.7 Å². The van der Waals surface area contributed by atoms with E-state index in [0.717, 1.165) is 48.9 Å². The maximum Gasteiger partial charge on any atom is 0.272 e. The highest BCUT2D eigenvalue weighted by Gasteiger charge is 2.54. The van der Waals surface area contributed by atoms with Crippen molar-refractivity contribution in [2.75, 3.05) is 6.54 Å². The number of amides is 1.